The number of pyridine rings is 1. The first kappa shape index (κ1) is 16.5. The highest BCUT2D eigenvalue weighted by atomic mass is 79.9. The first-order chi connectivity index (χ1) is 11.5. The summed E-state index contributed by atoms with van der Waals surface area (Å²) in [4.78, 5) is 16.4. The zero-order valence-corrected chi connectivity index (χ0v) is 15.0. The van der Waals surface area contributed by atoms with E-state index < -0.39 is 0 Å². The lowest BCUT2D eigenvalue weighted by Crippen LogP contribution is -2.19. The number of aromatic nitrogens is 1. The van der Waals surface area contributed by atoms with Crippen LogP contribution in [0.1, 0.15) is 0 Å². The minimum atomic E-state index is -0.382. The Kier molecular flexibility index (Phi) is 4.87. The second-order valence-electron chi connectivity index (χ2n) is 4.99. The average Bonchev–Trinajstić information content (AvgIpc) is 2.54. The van der Waals surface area contributed by atoms with Gasteiger partial charge in [0.05, 0.1) is 29.5 Å². The van der Waals surface area contributed by atoms with Crippen LogP contribution in [0.2, 0.25) is 5.02 Å². The quantitative estimate of drug-likeness (QED) is 0.620. The molecule has 0 unspecified atom stereocenters. The summed E-state index contributed by atoms with van der Waals surface area (Å²) in [6.07, 6.45) is 1.61. The number of methoxy groups -OCH3 is 1. The number of fused-ring (bicyclic) bond motifs is 1. The SMILES string of the molecule is COc1ccc(NC(=O)Nc2cnc3ccc(Br)cc3c2)cc1Cl. The Morgan fingerprint density at radius 1 is 1.12 bits per heavy atom. The summed E-state index contributed by atoms with van der Waals surface area (Å²) in [5.41, 5.74) is 2.01. The standard InChI is InChI=1S/C17H13BrClN3O2/c1-24-16-5-3-12(8-14(16)19)21-17(23)22-13-7-10-6-11(18)2-4-15(10)20-9-13/h2-9H,1H3,(H2,21,22,23). The monoisotopic (exact) mass is 405 g/mol. The molecule has 2 aromatic carbocycles. The number of rotatable bonds is 3. The van der Waals surface area contributed by atoms with Crippen molar-refractivity contribution in [2.45, 2.75) is 0 Å². The van der Waals surface area contributed by atoms with E-state index in [0.29, 0.717) is 22.1 Å². The largest absolute Gasteiger partial charge is 0.495 e. The molecular formula is C17H13BrClN3O2. The lowest BCUT2D eigenvalue weighted by atomic mass is 10.2. The minimum Gasteiger partial charge on any atom is -0.495 e. The lowest BCUT2D eigenvalue weighted by Gasteiger charge is -2.10. The van der Waals surface area contributed by atoms with Crippen molar-refractivity contribution in [2.24, 2.45) is 0 Å². The number of nitrogens with one attached hydrogen (secondary N) is 2. The van der Waals surface area contributed by atoms with Crippen LogP contribution in [0.4, 0.5) is 16.2 Å². The molecule has 0 aliphatic rings. The van der Waals surface area contributed by atoms with Gasteiger partial charge in [-0.1, -0.05) is 27.5 Å². The molecule has 0 radical (unpaired) electrons. The van der Waals surface area contributed by atoms with Crippen molar-refractivity contribution in [1.82, 2.24) is 4.98 Å². The normalized spacial score (nSPS) is 10.5. The van der Waals surface area contributed by atoms with Crippen LogP contribution in [0.5, 0.6) is 5.75 Å². The Morgan fingerprint density at radius 2 is 1.92 bits per heavy atom. The molecule has 3 aromatic rings. The number of halogens is 2. The fourth-order valence-corrected chi connectivity index (χ4v) is 2.84. The van der Waals surface area contributed by atoms with Crippen LogP contribution in [0.25, 0.3) is 10.9 Å². The predicted molar refractivity (Wildman–Crippen MR) is 100 cm³/mol. The Labute approximate surface area is 152 Å². The molecule has 2 N–H and O–H groups in total. The number of urea groups is 1. The number of ether oxygens (including phenoxy) is 1. The van der Waals surface area contributed by atoms with E-state index in [0.717, 1.165) is 15.4 Å². The van der Waals surface area contributed by atoms with Gasteiger partial charge in [-0.3, -0.25) is 4.98 Å². The van der Waals surface area contributed by atoms with E-state index in [2.05, 4.69) is 31.5 Å². The van der Waals surface area contributed by atoms with E-state index in [-0.39, 0.29) is 6.03 Å². The Bertz CT molecular complexity index is 917. The molecule has 0 aliphatic heterocycles. The molecular weight excluding hydrogens is 394 g/mol. The summed E-state index contributed by atoms with van der Waals surface area (Å²) in [5, 5.41) is 6.81. The number of carbonyl (C=O) groups excluding carboxylic acids is 1. The second kappa shape index (κ2) is 7.07. The zero-order valence-electron chi connectivity index (χ0n) is 12.6. The van der Waals surface area contributed by atoms with Gasteiger partial charge in [-0.05, 0) is 42.5 Å². The molecule has 0 saturated heterocycles. The molecule has 24 heavy (non-hydrogen) atoms. The molecule has 0 aliphatic carbocycles. The lowest BCUT2D eigenvalue weighted by molar-refractivity contribution is 0.262. The Morgan fingerprint density at radius 3 is 2.67 bits per heavy atom. The molecule has 1 heterocycles. The van der Waals surface area contributed by atoms with Crippen LogP contribution in [0.3, 0.4) is 0 Å². The van der Waals surface area contributed by atoms with Gasteiger partial charge in [0.15, 0.2) is 0 Å². The molecule has 0 bridgehead atoms. The number of benzene rings is 2. The van der Waals surface area contributed by atoms with Crippen LogP contribution in [-0.2, 0) is 0 Å². The molecule has 1 aromatic heterocycles. The Balaban J connectivity index is 1.73. The van der Waals surface area contributed by atoms with E-state index in [1.54, 1.807) is 24.4 Å². The van der Waals surface area contributed by atoms with Gasteiger partial charge in [-0.15, -0.1) is 0 Å². The maximum Gasteiger partial charge on any atom is 0.323 e. The maximum absolute atomic E-state index is 12.1. The van der Waals surface area contributed by atoms with Gasteiger partial charge in [0.2, 0.25) is 0 Å². The van der Waals surface area contributed by atoms with Gasteiger partial charge in [0.1, 0.15) is 5.75 Å². The topological polar surface area (TPSA) is 63.2 Å². The molecule has 0 spiro atoms. The van der Waals surface area contributed by atoms with Crippen LogP contribution in [0, 0.1) is 0 Å². The van der Waals surface area contributed by atoms with Gasteiger partial charge in [-0.25, -0.2) is 4.79 Å². The van der Waals surface area contributed by atoms with Crippen molar-refractivity contribution >= 4 is 55.8 Å². The van der Waals surface area contributed by atoms with Gasteiger partial charge < -0.3 is 15.4 Å². The molecule has 122 valence electrons. The zero-order chi connectivity index (χ0) is 17.1. The summed E-state index contributed by atoms with van der Waals surface area (Å²) >= 11 is 9.46. The molecule has 5 nitrogen and oxygen atoms in total. The van der Waals surface area contributed by atoms with Crippen LogP contribution >= 0.6 is 27.5 Å². The van der Waals surface area contributed by atoms with E-state index in [4.69, 9.17) is 16.3 Å². The minimum absolute atomic E-state index is 0.382. The van der Waals surface area contributed by atoms with Crippen molar-refractivity contribution in [1.29, 1.82) is 0 Å². The highest BCUT2D eigenvalue weighted by Gasteiger charge is 2.07. The third-order valence-corrected chi connectivity index (χ3v) is 4.10. The van der Waals surface area contributed by atoms with Gasteiger partial charge in [0.25, 0.3) is 0 Å². The van der Waals surface area contributed by atoms with E-state index in [9.17, 15) is 4.79 Å². The third-order valence-electron chi connectivity index (χ3n) is 3.31. The summed E-state index contributed by atoms with van der Waals surface area (Å²) in [6.45, 7) is 0. The number of hydrogen-bond acceptors (Lipinski definition) is 3. The van der Waals surface area contributed by atoms with Crippen LogP contribution in [-0.4, -0.2) is 18.1 Å². The number of anilines is 2. The van der Waals surface area contributed by atoms with Crippen molar-refractivity contribution in [3.05, 3.63) is 58.2 Å². The van der Waals surface area contributed by atoms with Gasteiger partial charge in [0, 0.05) is 15.5 Å². The van der Waals surface area contributed by atoms with Crippen molar-refractivity contribution in [3.8, 4) is 5.75 Å². The summed E-state index contributed by atoms with van der Waals surface area (Å²) in [7, 11) is 1.53. The fraction of sp³-hybridized carbons (Fsp3) is 0.0588. The number of nitrogens with zero attached hydrogens (tertiary/aromatic N) is 1. The van der Waals surface area contributed by atoms with E-state index in [1.165, 1.54) is 7.11 Å². The van der Waals surface area contributed by atoms with Gasteiger partial charge in [-0.2, -0.15) is 0 Å². The van der Waals surface area contributed by atoms with Gasteiger partial charge >= 0.3 is 6.03 Å². The van der Waals surface area contributed by atoms with Crippen molar-refractivity contribution in [3.63, 3.8) is 0 Å². The van der Waals surface area contributed by atoms with E-state index in [1.807, 2.05) is 24.3 Å². The fourth-order valence-electron chi connectivity index (χ4n) is 2.21. The highest BCUT2D eigenvalue weighted by Crippen LogP contribution is 2.27. The van der Waals surface area contributed by atoms with Crippen molar-refractivity contribution in [2.75, 3.05) is 17.7 Å². The predicted octanol–water partition coefficient (Wildman–Crippen LogP) is 5.30. The highest BCUT2D eigenvalue weighted by molar-refractivity contribution is 9.10. The molecule has 0 fully saturated rings. The van der Waals surface area contributed by atoms with E-state index >= 15 is 0 Å². The van der Waals surface area contributed by atoms with Crippen LogP contribution in [0.15, 0.2) is 53.1 Å². The second-order valence-corrected chi connectivity index (χ2v) is 6.31. The van der Waals surface area contributed by atoms with Crippen LogP contribution < -0.4 is 15.4 Å². The first-order valence-electron chi connectivity index (χ1n) is 7.02. The number of carbonyl (C=O) groups is 1. The summed E-state index contributed by atoms with van der Waals surface area (Å²) in [5.74, 6) is 0.548. The maximum atomic E-state index is 12.1. The molecule has 0 atom stereocenters. The number of amides is 2. The first-order valence-corrected chi connectivity index (χ1v) is 8.19. The molecule has 7 heteroatoms. The third kappa shape index (κ3) is 3.77. The summed E-state index contributed by atoms with van der Waals surface area (Å²) < 4.78 is 6.03. The molecule has 3 rings (SSSR count). The molecule has 2 amide bonds. The van der Waals surface area contributed by atoms with Crippen molar-refractivity contribution < 1.29 is 9.53 Å². The smallest absolute Gasteiger partial charge is 0.323 e. The molecule has 0 saturated carbocycles. The number of hydrogen-bond donors (Lipinski definition) is 2. The Hall–Kier alpha value is -2.31. The summed E-state index contributed by atoms with van der Waals surface area (Å²) in [6, 6.07) is 12.3. The average molecular weight is 407 g/mol.